The van der Waals surface area contributed by atoms with Crippen molar-refractivity contribution in [3.8, 4) is 11.8 Å². The summed E-state index contributed by atoms with van der Waals surface area (Å²) < 4.78 is 25.9. The molecule has 0 atom stereocenters. The number of hydrogen-bond acceptors (Lipinski definition) is 2. The number of benzene rings is 1. The van der Waals surface area contributed by atoms with Gasteiger partial charge in [0.2, 0.25) is 0 Å². The van der Waals surface area contributed by atoms with Crippen molar-refractivity contribution in [1.29, 1.82) is 0 Å². The van der Waals surface area contributed by atoms with Gasteiger partial charge >= 0.3 is 0 Å². The number of hydrogen-bond donors (Lipinski definition) is 0. The first kappa shape index (κ1) is 11.2. The average Bonchev–Trinajstić information content (AvgIpc) is 2.17. The van der Waals surface area contributed by atoms with E-state index in [1.165, 1.54) is 13.2 Å². The summed E-state index contributed by atoms with van der Waals surface area (Å²) in [5.41, 5.74) is 0.255. The van der Waals surface area contributed by atoms with Crippen molar-refractivity contribution in [2.45, 2.75) is 6.92 Å². The predicted molar refractivity (Wildman–Crippen MR) is 53.4 cm³/mol. The zero-order valence-electron chi connectivity index (χ0n) is 8.34. The molecule has 4 heteroatoms. The van der Waals surface area contributed by atoms with Gasteiger partial charge in [-0.25, -0.2) is 8.78 Å². The fourth-order valence-corrected chi connectivity index (χ4v) is 1.03. The van der Waals surface area contributed by atoms with Crippen LogP contribution in [0.1, 0.15) is 12.5 Å². The molecule has 2 nitrogen and oxygen atoms in total. The lowest BCUT2D eigenvalue weighted by Crippen LogP contribution is -2.02. The summed E-state index contributed by atoms with van der Waals surface area (Å²) in [5, 5.41) is 3.56. The second-order valence-electron chi connectivity index (χ2n) is 2.62. The van der Waals surface area contributed by atoms with E-state index in [-0.39, 0.29) is 11.3 Å². The quantitative estimate of drug-likeness (QED) is 0.416. The molecular formula is C11H9F2NO. The molecule has 1 aromatic carbocycles. The van der Waals surface area contributed by atoms with Crippen LogP contribution in [0.25, 0.3) is 0 Å². The Morgan fingerprint density at radius 2 is 2.13 bits per heavy atom. The van der Waals surface area contributed by atoms with Crippen LogP contribution in [0.2, 0.25) is 0 Å². The van der Waals surface area contributed by atoms with Crippen molar-refractivity contribution < 1.29 is 13.6 Å². The first-order valence-electron chi connectivity index (χ1n) is 4.18. The van der Waals surface area contributed by atoms with Crippen LogP contribution in [-0.2, 0) is 4.84 Å². The zero-order valence-corrected chi connectivity index (χ0v) is 8.34. The summed E-state index contributed by atoms with van der Waals surface area (Å²) in [6.45, 7) is 1.59. The highest BCUT2D eigenvalue weighted by molar-refractivity contribution is 6.12. The highest BCUT2D eigenvalue weighted by atomic mass is 19.1. The largest absolute Gasteiger partial charge is 0.398 e. The lowest BCUT2D eigenvalue weighted by Gasteiger charge is -2.00. The normalized spacial score (nSPS) is 10.5. The second kappa shape index (κ2) is 5.11. The maximum atomic E-state index is 13.3. The van der Waals surface area contributed by atoms with Gasteiger partial charge in [-0.15, -0.1) is 0 Å². The Balaban J connectivity index is 3.21. The minimum absolute atomic E-state index is 0.118. The third-order valence-electron chi connectivity index (χ3n) is 1.61. The zero-order chi connectivity index (χ0) is 11.3. The Hall–Kier alpha value is -1.89. The lowest BCUT2D eigenvalue weighted by atomic mass is 10.1. The van der Waals surface area contributed by atoms with Gasteiger partial charge in [0.25, 0.3) is 0 Å². The summed E-state index contributed by atoms with van der Waals surface area (Å²) in [5.74, 6) is 3.79. The van der Waals surface area contributed by atoms with Crippen LogP contribution in [0, 0.1) is 23.5 Å². The molecule has 0 N–H and O–H groups in total. The molecule has 0 saturated carbocycles. The van der Waals surface area contributed by atoms with E-state index in [0.29, 0.717) is 0 Å². The van der Waals surface area contributed by atoms with E-state index >= 15 is 0 Å². The minimum atomic E-state index is -0.714. The average molecular weight is 209 g/mol. The summed E-state index contributed by atoms with van der Waals surface area (Å²) in [6, 6.07) is 3.19. The molecule has 0 aromatic heterocycles. The molecule has 0 fully saturated rings. The van der Waals surface area contributed by atoms with E-state index < -0.39 is 11.6 Å². The van der Waals surface area contributed by atoms with Gasteiger partial charge in [-0.05, 0) is 25.0 Å². The number of oxime groups is 1. The van der Waals surface area contributed by atoms with Crippen LogP contribution in [0.5, 0.6) is 0 Å². The van der Waals surface area contributed by atoms with Crippen molar-refractivity contribution in [2.75, 3.05) is 7.11 Å². The first-order chi connectivity index (χ1) is 7.19. The molecule has 1 rings (SSSR count). The van der Waals surface area contributed by atoms with Crippen LogP contribution >= 0.6 is 0 Å². The van der Waals surface area contributed by atoms with Crippen LogP contribution in [-0.4, -0.2) is 12.8 Å². The van der Waals surface area contributed by atoms with Crippen LogP contribution < -0.4 is 0 Å². The molecule has 0 heterocycles. The molecule has 0 amide bonds. The summed E-state index contributed by atoms with van der Waals surface area (Å²) in [4.78, 5) is 4.52. The molecule has 0 unspecified atom stereocenters. The van der Waals surface area contributed by atoms with Gasteiger partial charge in [0.15, 0.2) is 5.71 Å². The molecular weight excluding hydrogens is 200 g/mol. The Bertz CT molecular complexity index is 444. The summed E-state index contributed by atoms with van der Waals surface area (Å²) >= 11 is 0. The van der Waals surface area contributed by atoms with E-state index in [4.69, 9.17) is 0 Å². The Kier molecular flexibility index (Phi) is 3.81. The van der Waals surface area contributed by atoms with E-state index in [9.17, 15) is 8.78 Å². The van der Waals surface area contributed by atoms with Gasteiger partial charge in [-0.2, -0.15) is 0 Å². The molecule has 1 aromatic rings. The molecule has 15 heavy (non-hydrogen) atoms. The van der Waals surface area contributed by atoms with Gasteiger partial charge in [0, 0.05) is 11.6 Å². The van der Waals surface area contributed by atoms with Gasteiger partial charge in [0.1, 0.15) is 18.7 Å². The first-order valence-corrected chi connectivity index (χ1v) is 4.18. The summed E-state index contributed by atoms with van der Waals surface area (Å²) in [6.07, 6.45) is 0. The number of halogens is 2. The van der Waals surface area contributed by atoms with E-state index in [1.807, 2.05) is 0 Å². The molecule has 0 radical (unpaired) electrons. The SMILES string of the molecule is CC#CC(=NOC)c1ccc(F)cc1F. The molecule has 0 aliphatic heterocycles. The van der Waals surface area contributed by atoms with Crippen molar-refractivity contribution >= 4 is 5.71 Å². The molecule has 78 valence electrons. The van der Waals surface area contributed by atoms with Crippen LogP contribution in [0.15, 0.2) is 23.4 Å². The molecule has 0 spiro atoms. The van der Waals surface area contributed by atoms with Gasteiger partial charge in [0.05, 0.1) is 0 Å². The topological polar surface area (TPSA) is 21.6 Å². The van der Waals surface area contributed by atoms with Gasteiger partial charge in [-0.3, -0.25) is 0 Å². The van der Waals surface area contributed by atoms with Crippen molar-refractivity contribution in [3.63, 3.8) is 0 Å². The van der Waals surface area contributed by atoms with Crippen molar-refractivity contribution in [2.24, 2.45) is 5.16 Å². The van der Waals surface area contributed by atoms with Gasteiger partial charge < -0.3 is 4.84 Å². The highest BCUT2D eigenvalue weighted by Crippen LogP contribution is 2.10. The smallest absolute Gasteiger partial charge is 0.162 e. The molecule has 0 bridgehead atoms. The highest BCUT2D eigenvalue weighted by Gasteiger charge is 2.09. The fourth-order valence-electron chi connectivity index (χ4n) is 1.03. The Morgan fingerprint density at radius 1 is 1.40 bits per heavy atom. The Labute approximate surface area is 86.5 Å². The minimum Gasteiger partial charge on any atom is -0.398 e. The van der Waals surface area contributed by atoms with Crippen LogP contribution in [0.3, 0.4) is 0 Å². The van der Waals surface area contributed by atoms with Crippen LogP contribution in [0.4, 0.5) is 8.78 Å². The molecule has 0 aliphatic carbocycles. The maximum Gasteiger partial charge on any atom is 0.162 e. The number of rotatable bonds is 2. The number of nitrogens with zero attached hydrogens (tertiary/aromatic N) is 1. The van der Waals surface area contributed by atoms with Crippen molar-refractivity contribution in [3.05, 3.63) is 35.4 Å². The second-order valence-corrected chi connectivity index (χ2v) is 2.62. The van der Waals surface area contributed by atoms with Gasteiger partial charge in [-0.1, -0.05) is 11.1 Å². The third-order valence-corrected chi connectivity index (χ3v) is 1.61. The standard InChI is InChI=1S/C11H9F2NO/c1-3-4-11(14-15-2)9-6-5-8(12)7-10(9)13/h5-7H,1-2H3. The third kappa shape index (κ3) is 2.78. The monoisotopic (exact) mass is 209 g/mol. The van der Waals surface area contributed by atoms with Crippen molar-refractivity contribution in [1.82, 2.24) is 0 Å². The molecule has 0 saturated heterocycles. The maximum absolute atomic E-state index is 13.3. The lowest BCUT2D eigenvalue weighted by molar-refractivity contribution is 0.214. The Morgan fingerprint density at radius 3 is 2.67 bits per heavy atom. The van der Waals surface area contributed by atoms with E-state index in [2.05, 4.69) is 21.8 Å². The fraction of sp³-hybridized carbons (Fsp3) is 0.182. The summed E-state index contributed by atoms with van der Waals surface area (Å²) in [7, 11) is 1.33. The van der Waals surface area contributed by atoms with E-state index in [1.54, 1.807) is 6.92 Å². The predicted octanol–water partition coefficient (Wildman–Crippen LogP) is 2.34. The van der Waals surface area contributed by atoms with E-state index in [0.717, 1.165) is 12.1 Å². The molecule has 0 aliphatic rings.